The Morgan fingerprint density at radius 3 is 2.33 bits per heavy atom. The summed E-state index contributed by atoms with van der Waals surface area (Å²) in [4.78, 5) is 20.5. The fraction of sp³-hybridized carbons (Fsp3) is 0.714. The van der Waals surface area contributed by atoms with Gasteiger partial charge in [-0.05, 0) is 13.3 Å². The van der Waals surface area contributed by atoms with E-state index in [0.717, 1.165) is 0 Å². The van der Waals surface area contributed by atoms with Gasteiger partial charge in [-0.15, -0.1) is 0 Å². The summed E-state index contributed by atoms with van der Waals surface area (Å²) >= 11 is 0. The van der Waals surface area contributed by atoms with Crippen LogP contribution in [0.15, 0.2) is 0 Å². The van der Waals surface area contributed by atoms with Gasteiger partial charge in [0.1, 0.15) is 0 Å². The van der Waals surface area contributed by atoms with Crippen LogP contribution >= 0.6 is 0 Å². The molecule has 12 heavy (non-hydrogen) atoms. The number of rotatable bonds is 6. The number of carboxylic acid groups (broad SMARTS) is 2. The molecule has 70 valence electrons. The van der Waals surface area contributed by atoms with Gasteiger partial charge >= 0.3 is 11.9 Å². The normalized spacial score (nSPS) is 12.4. The van der Waals surface area contributed by atoms with E-state index in [9.17, 15) is 9.59 Å². The van der Waals surface area contributed by atoms with E-state index in [0.29, 0.717) is 0 Å². The molecular formula is C7H12O5. The molecule has 0 saturated heterocycles. The Balaban J connectivity index is 3.79. The Labute approximate surface area is 70.0 Å². The van der Waals surface area contributed by atoms with Crippen LogP contribution in [-0.2, 0) is 14.3 Å². The van der Waals surface area contributed by atoms with Crippen LogP contribution in [0.5, 0.6) is 0 Å². The minimum absolute atomic E-state index is 0.0124. The highest BCUT2D eigenvalue weighted by Crippen LogP contribution is 2.02. The summed E-state index contributed by atoms with van der Waals surface area (Å²) in [7, 11) is 0. The smallest absolute Gasteiger partial charge is 0.332 e. The standard InChI is InChI=1S/C7H12O5/c1-2-12-5(7(10)11)3-4-6(8)9/h5H,2-4H2,1H3,(H,8,9)(H,10,11). The van der Waals surface area contributed by atoms with Gasteiger partial charge in [0.25, 0.3) is 0 Å². The van der Waals surface area contributed by atoms with Crippen LogP contribution < -0.4 is 0 Å². The van der Waals surface area contributed by atoms with Crippen molar-refractivity contribution in [3.63, 3.8) is 0 Å². The molecule has 0 bridgehead atoms. The number of carboxylic acids is 2. The van der Waals surface area contributed by atoms with E-state index in [-0.39, 0.29) is 19.4 Å². The van der Waals surface area contributed by atoms with Gasteiger partial charge in [-0.3, -0.25) is 4.79 Å². The second kappa shape index (κ2) is 5.54. The van der Waals surface area contributed by atoms with Crippen LogP contribution in [0.2, 0.25) is 0 Å². The molecular weight excluding hydrogens is 164 g/mol. The van der Waals surface area contributed by atoms with E-state index < -0.39 is 18.0 Å². The first-order chi connectivity index (χ1) is 5.57. The average Bonchev–Trinajstić information content (AvgIpc) is 1.96. The molecule has 5 heteroatoms. The SMILES string of the molecule is CCOC(CCC(=O)O)C(=O)O. The Kier molecular flexibility index (Phi) is 5.03. The van der Waals surface area contributed by atoms with Gasteiger partial charge in [0, 0.05) is 13.0 Å². The maximum absolute atomic E-state index is 10.4. The highest BCUT2D eigenvalue weighted by molar-refractivity contribution is 5.74. The lowest BCUT2D eigenvalue weighted by molar-refractivity contribution is -0.151. The second-order valence-corrected chi connectivity index (χ2v) is 2.21. The van der Waals surface area contributed by atoms with E-state index in [2.05, 4.69) is 0 Å². The predicted molar refractivity (Wildman–Crippen MR) is 39.9 cm³/mol. The molecule has 1 atom stereocenters. The van der Waals surface area contributed by atoms with E-state index >= 15 is 0 Å². The molecule has 0 amide bonds. The quantitative estimate of drug-likeness (QED) is 0.609. The Hall–Kier alpha value is -1.10. The van der Waals surface area contributed by atoms with Crippen LogP contribution in [0.1, 0.15) is 19.8 Å². The van der Waals surface area contributed by atoms with Gasteiger partial charge in [-0.1, -0.05) is 0 Å². The largest absolute Gasteiger partial charge is 0.481 e. The molecule has 0 aliphatic carbocycles. The first-order valence-corrected chi connectivity index (χ1v) is 3.64. The van der Waals surface area contributed by atoms with Crippen LogP contribution in [0.4, 0.5) is 0 Å². The van der Waals surface area contributed by atoms with Crippen molar-refractivity contribution >= 4 is 11.9 Å². The Bertz CT molecular complexity index is 165. The minimum Gasteiger partial charge on any atom is -0.481 e. The van der Waals surface area contributed by atoms with Crippen molar-refractivity contribution in [3.8, 4) is 0 Å². The lowest BCUT2D eigenvalue weighted by atomic mass is 10.2. The molecule has 0 heterocycles. The van der Waals surface area contributed by atoms with Crippen molar-refractivity contribution in [3.05, 3.63) is 0 Å². The first-order valence-electron chi connectivity index (χ1n) is 3.64. The summed E-state index contributed by atoms with van der Waals surface area (Å²) in [5.41, 5.74) is 0. The number of aliphatic carboxylic acids is 2. The molecule has 1 unspecified atom stereocenters. The van der Waals surface area contributed by atoms with Crippen molar-refractivity contribution in [2.75, 3.05) is 6.61 Å². The fourth-order valence-electron chi connectivity index (χ4n) is 0.734. The number of ether oxygens (including phenoxy) is 1. The van der Waals surface area contributed by atoms with Crippen molar-refractivity contribution in [1.29, 1.82) is 0 Å². The Morgan fingerprint density at radius 2 is 2.00 bits per heavy atom. The molecule has 0 aromatic heterocycles. The number of carbonyl (C=O) groups is 2. The molecule has 0 rings (SSSR count). The highest BCUT2D eigenvalue weighted by atomic mass is 16.5. The third kappa shape index (κ3) is 4.68. The van der Waals surface area contributed by atoms with E-state index in [1.807, 2.05) is 0 Å². The summed E-state index contributed by atoms with van der Waals surface area (Å²) in [6.45, 7) is 1.94. The number of hydrogen-bond acceptors (Lipinski definition) is 3. The van der Waals surface area contributed by atoms with Gasteiger partial charge < -0.3 is 14.9 Å². The molecule has 2 N–H and O–H groups in total. The third-order valence-electron chi connectivity index (χ3n) is 1.26. The van der Waals surface area contributed by atoms with Crippen molar-refractivity contribution in [2.45, 2.75) is 25.9 Å². The van der Waals surface area contributed by atoms with Crippen molar-refractivity contribution in [1.82, 2.24) is 0 Å². The Morgan fingerprint density at radius 1 is 1.42 bits per heavy atom. The molecule has 0 aliphatic heterocycles. The molecule has 0 aromatic rings. The minimum atomic E-state index is -1.11. The molecule has 0 aliphatic rings. The summed E-state index contributed by atoms with van der Waals surface area (Å²) in [5.74, 6) is -2.13. The van der Waals surface area contributed by atoms with Gasteiger partial charge in [-0.2, -0.15) is 0 Å². The first kappa shape index (κ1) is 10.9. The zero-order valence-corrected chi connectivity index (χ0v) is 6.82. The maximum atomic E-state index is 10.4. The molecule has 5 nitrogen and oxygen atoms in total. The lowest BCUT2D eigenvalue weighted by Gasteiger charge is -2.09. The van der Waals surface area contributed by atoms with Crippen LogP contribution in [0.3, 0.4) is 0 Å². The van der Waals surface area contributed by atoms with Gasteiger partial charge in [0.15, 0.2) is 6.10 Å². The van der Waals surface area contributed by atoms with E-state index in [1.54, 1.807) is 6.92 Å². The summed E-state index contributed by atoms with van der Waals surface area (Å²) in [6.07, 6.45) is -1.17. The zero-order valence-electron chi connectivity index (χ0n) is 6.82. The molecule has 0 aromatic carbocycles. The van der Waals surface area contributed by atoms with Gasteiger partial charge in [-0.25, -0.2) is 4.79 Å². The molecule has 0 radical (unpaired) electrons. The summed E-state index contributed by atoms with van der Waals surface area (Å²) in [5, 5.41) is 16.8. The van der Waals surface area contributed by atoms with Gasteiger partial charge in [0.2, 0.25) is 0 Å². The third-order valence-corrected chi connectivity index (χ3v) is 1.26. The number of hydrogen-bond donors (Lipinski definition) is 2. The monoisotopic (exact) mass is 176 g/mol. The fourth-order valence-corrected chi connectivity index (χ4v) is 0.734. The topological polar surface area (TPSA) is 83.8 Å². The van der Waals surface area contributed by atoms with Crippen LogP contribution in [0, 0.1) is 0 Å². The zero-order chi connectivity index (χ0) is 9.56. The lowest BCUT2D eigenvalue weighted by Crippen LogP contribution is -2.24. The van der Waals surface area contributed by atoms with Crippen molar-refractivity contribution in [2.24, 2.45) is 0 Å². The van der Waals surface area contributed by atoms with Crippen LogP contribution in [-0.4, -0.2) is 34.9 Å². The van der Waals surface area contributed by atoms with E-state index in [1.165, 1.54) is 0 Å². The summed E-state index contributed by atoms with van der Waals surface area (Å²) < 4.78 is 4.79. The molecule has 0 fully saturated rings. The highest BCUT2D eigenvalue weighted by Gasteiger charge is 2.17. The average molecular weight is 176 g/mol. The molecule has 0 spiro atoms. The maximum Gasteiger partial charge on any atom is 0.332 e. The van der Waals surface area contributed by atoms with Crippen LogP contribution in [0.25, 0.3) is 0 Å². The van der Waals surface area contributed by atoms with Crippen molar-refractivity contribution < 1.29 is 24.5 Å². The molecule has 0 saturated carbocycles. The second-order valence-electron chi connectivity index (χ2n) is 2.21. The van der Waals surface area contributed by atoms with E-state index in [4.69, 9.17) is 14.9 Å². The summed E-state index contributed by atoms with van der Waals surface area (Å²) in [6, 6.07) is 0. The predicted octanol–water partition coefficient (Wildman–Crippen LogP) is 0.341. The van der Waals surface area contributed by atoms with Gasteiger partial charge in [0.05, 0.1) is 0 Å².